The molecule has 2 heterocycles. The van der Waals surface area contributed by atoms with Crippen LogP contribution in [0.25, 0.3) is 11.3 Å². The molecule has 1 aromatic heterocycles. The van der Waals surface area contributed by atoms with E-state index in [2.05, 4.69) is 19.2 Å². The third kappa shape index (κ3) is 2.77. The molecule has 0 aliphatic carbocycles. The first-order valence-corrected chi connectivity index (χ1v) is 6.53. The molecule has 0 atom stereocenters. The van der Waals surface area contributed by atoms with E-state index in [4.69, 9.17) is 11.6 Å². The Kier molecular flexibility index (Phi) is 3.56. The Bertz CT molecular complexity index is 813. The highest BCUT2D eigenvalue weighted by Gasteiger charge is 2.45. The van der Waals surface area contributed by atoms with Gasteiger partial charge in [-0.15, -0.1) is 8.78 Å². The van der Waals surface area contributed by atoms with Gasteiger partial charge in [0.25, 0.3) is 0 Å². The number of fused-ring (bicyclic) bond motifs is 1. The van der Waals surface area contributed by atoms with Gasteiger partial charge in [-0.05, 0) is 24.3 Å². The molecule has 120 valence electrons. The monoisotopic (exact) mass is 345 g/mol. The minimum atomic E-state index is -3.94. The van der Waals surface area contributed by atoms with Gasteiger partial charge >= 0.3 is 12.3 Å². The number of hydrogen-bond acceptors (Lipinski definition) is 5. The third-order valence-corrected chi connectivity index (χ3v) is 3.28. The molecule has 2 aromatic rings. The molecule has 0 bridgehead atoms. The lowest BCUT2D eigenvalue weighted by Crippen LogP contribution is -2.26. The zero-order valence-corrected chi connectivity index (χ0v) is 12.2. The smallest absolute Gasteiger partial charge is 0.464 e. The fourth-order valence-corrected chi connectivity index (χ4v) is 2.18. The predicted molar refractivity (Wildman–Crippen MR) is 72.2 cm³/mol. The van der Waals surface area contributed by atoms with Crippen molar-refractivity contribution in [3.8, 4) is 22.8 Å². The fraction of sp³-hybridized carbons (Fsp3) is 0.143. The van der Waals surface area contributed by atoms with Crippen molar-refractivity contribution in [2.75, 3.05) is 7.11 Å². The Morgan fingerprint density at radius 3 is 2.74 bits per heavy atom. The molecule has 0 saturated carbocycles. The van der Waals surface area contributed by atoms with Crippen molar-refractivity contribution in [3.05, 3.63) is 40.8 Å². The lowest BCUT2D eigenvalue weighted by Gasteiger charge is -2.07. The molecule has 0 saturated heterocycles. The Balaban J connectivity index is 2.08. The molecule has 9 heteroatoms. The number of esters is 1. The summed E-state index contributed by atoms with van der Waals surface area (Å²) in [4.78, 5) is 15.5. The van der Waals surface area contributed by atoms with Gasteiger partial charge < -0.3 is 14.2 Å². The number of ether oxygens (including phenoxy) is 3. The molecule has 23 heavy (non-hydrogen) atoms. The van der Waals surface area contributed by atoms with Crippen LogP contribution in [-0.2, 0) is 4.74 Å². The minimum Gasteiger partial charge on any atom is -0.464 e. The van der Waals surface area contributed by atoms with Gasteiger partial charge in [0.15, 0.2) is 17.3 Å². The second-order valence-corrected chi connectivity index (χ2v) is 4.88. The predicted octanol–water partition coefficient (Wildman–Crippen LogP) is 3.65. The molecule has 0 N–H and O–H groups in total. The van der Waals surface area contributed by atoms with Gasteiger partial charge in [0.05, 0.1) is 17.8 Å². The lowest BCUT2D eigenvalue weighted by molar-refractivity contribution is -0.287. The van der Waals surface area contributed by atoms with Crippen molar-refractivity contribution in [3.63, 3.8) is 0 Å². The molecule has 5 nitrogen and oxygen atoms in total. The van der Waals surface area contributed by atoms with Gasteiger partial charge in [0.1, 0.15) is 0 Å². The second kappa shape index (κ2) is 5.31. The number of methoxy groups -OCH3 is 1. The minimum absolute atomic E-state index is 0.0355. The Hall–Kier alpha value is -2.48. The molecule has 0 amide bonds. The summed E-state index contributed by atoms with van der Waals surface area (Å²) in [5, 5.41) is 0.0355. The van der Waals surface area contributed by atoms with Crippen molar-refractivity contribution in [1.29, 1.82) is 0 Å². The van der Waals surface area contributed by atoms with Crippen LogP contribution in [0.2, 0.25) is 5.02 Å². The molecule has 3 rings (SSSR count). The van der Waals surface area contributed by atoms with Crippen molar-refractivity contribution in [1.82, 2.24) is 4.98 Å². The summed E-state index contributed by atoms with van der Waals surface area (Å²) in [6.45, 7) is 0. The van der Waals surface area contributed by atoms with E-state index < -0.39 is 29.6 Å². The van der Waals surface area contributed by atoms with Crippen LogP contribution in [-0.4, -0.2) is 24.4 Å². The van der Waals surface area contributed by atoms with Crippen molar-refractivity contribution < 1.29 is 32.2 Å². The Labute approximate surface area is 132 Å². The second-order valence-electron chi connectivity index (χ2n) is 4.47. The van der Waals surface area contributed by atoms with E-state index in [0.29, 0.717) is 0 Å². The van der Waals surface area contributed by atoms with E-state index in [1.165, 1.54) is 12.1 Å². The summed E-state index contributed by atoms with van der Waals surface area (Å²) >= 11 is 5.84. The van der Waals surface area contributed by atoms with E-state index in [1.807, 2.05) is 0 Å². The van der Waals surface area contributed by atoms with Gasteiger partial charge in [-0.25, -0.2) is 14.2 Å². The van der Waals surface area contributed by atoms with E-state index in [0.717, 1.165) is 19.2 Å². The normalized spacial score (nSPS) is 14.7. The molecule has 0 unspecified atom stereocenters. The van der Waals surface area contributed by atoms with Crippen LogP contribution < -0.4 is 9.47 Å². The number of carbonyl (C=O) groups is 1. The average molecular weight is 346 g/mol. The number of aromatic nitrogens is 1. The molecule has 1 aliphatic rings. The summed E-state index contributed by atoms with van der Waals surface area (Å²) in [5.74, 6) is -3.00. The van der Waals surface area contributed by atoms with Crippen LogP contribution in [0, 0.1) is 5.82 Å². The van der Waals surface area contributed by atoms with Crippen LogP contribution in [0.5, 0.6) is 11.5 Å². The highest BCUT2D eigenvalue weighted by molar-refractivity contribution is 6.33. The largest absolute Gasteiger partial charge is 0.586 e. The van der Waals surface area contributed by atoms with Crippen LogP contribution >= 0.6 is 11.6 Å². The molecular weight excluding hydrogens is 339 g/mol. The van der Waals surface area contributed by atoms with Gasteiger partial charge in [0, 0.05) is 5.56 Å². The highest BCUT2D eigenvalue weighted by Crippen LogP contribution is 2.44. The van der Waals surface area contributed by atoms with E-state index in [1.54, 1.807) is 0 Å². The first kappa shape index (κ1) is 15.4. The first-order chi connectivity index (χ1) is 10.8. The van der Waals surface area contributed by atoms with Crippen molar-refractivity contribution in [2.24, 2.45) is 0 Å². The molecule has 0 radical (unpaired) electrons. The molecular formula is C14H7ClF3NO4. The molecule has 0 spiro atoms. The lowest BCUT2D eigenvalue weighted by atomic mass is 10.1. The van der Waals surface area contributed by atoms with Gasteiger partial charge in [-0.2, -0.15) is 0 Å². The maximum absolute atomic E-state index is 13.9. The summed E-state index contributed by atoms with van der Waals surface area (Å²) in [6, 6.07) is 4.80. The number of benzene rings is 1. The number of alkyl halides is 2. The number of halogens is 4. The number of nitrogens with zero attached hydrogens (tertiary/aromatic N) is 1. The zero-order valence-electron chi connectivity index (χ0n) is 11.4. The molecule has 1 aliphatic heterocycles. The Morgan fingerprint density at radius 1 is 1.30 bits per heavy atom. The van der Waals surface area contributed by atoms with E-state index in [9.17, 15) is 18.0 Å². The highest BCUT2D eigenvalue weighted by atomic mass is 35.5. The maximum atomic E-state index is 13.9. The SMILES string of the molecule is COC(=O)c1nc(-c2cc(F)c3c(c2)OC(F)(F)O3)ccc1Cl. The standard InChI is InChI=1S/C14H7ClF3NO4/c1-21-13(20)11-7(15)2-3-9(19-11)6-4-8(16)12-10(5-6)22-14(17,18)23-12/h2-5H,1H3. The van der Waals surface area contributed by atoms with Crippen LogP contribution in [0.3, 0.4) is 0 Å². The quantitative estimate of drug-likeness (QED) is 0.778. The fourth-order valence-electron chi connectivity index (χ4n) is 2.00. The Morgan fingerprint density at radius 2 is 2.04 bits per heavy atom. The summed E-state index contributed by atoms with van der Waals surface area (Å²) < 4.78 is 52.7. The van der Waals surface area contributed by atoms with Gasteiger partial charge in [-0.3, -0.25) is 0 Å². The number of pyridine rings is 1. The summed E-state index contributed by atoms with van der Waals surface area (Å²) in [7, 11) is 1.15. The maximum Gasteiger partial charge on any atom is 0.586 e. The van der Waals surface area contributed by atoms with Crippen LogP contribution in [0.15, 0.2) is 24.3 Å². The molecule has 0 fully saturated rings. The summed E-state index contributed by atoms with van der Waals surface area (Å²) in [6.07, 6.45) is -3.94. The summed E-state index contributed by atoms with van der Waals surface area (Å²) in [5.41, 5.74) is 0.0368. The number of carbonyl (C=O) groups excluding carboxylic acids is 1. The van der Waals surface area contributed by atoms with Crippen LogP contribution in [0.1, 0.15) is 10.5 Å². The number of hydrogen-bond donors (Lipinski definition) is 0. The van der Waals surface area contributed by atoms with Crippen LogP contribution in [0.4, 0.5) is 13.2 Å². The van der Waals surface area contributed by atoms with Gasteiger partial charge in [-0.1, -0.05) is 11.6 Å². The van der Waals surface area contributed by atoms with E-state index >= 15 is 0 Å². The van der Waals surface area contributed by atoms with Gasteiger partial charge in [0.2, 0.25) is 5.75 Å². The van der Waals surface area contributed by atoms with Crippen molar-refractivity contribution >= 4 is 17.6 Å². The first-order valence-electron chi connectivity index (χ1n) is 6.15. The average Bonchev–Trinajstić information content (AvgIpc) is 2.81. The van der Waals surface area contributed by atoms with Crippen molar-refractivity contribution in [2.45, 2.75) is 6.29 Å². The zero-order chi connectivity index (χ0) is 16.8. The number of rotatable bonds is 2. The van der Waals surface area contributed by atoms with E-state index in [-0.39, 0.29) is 22.0 Å². The topological polar surface area (TPSA) is 57.7 Å². The molecule has 1 aromatic carbocycles. The third-order valence-electron chi connectivity index (χ3n) is 2.98.